The van der Waals surface area contributed by atoms with Crippen LogP contribution in [0.3, 0.4) is 0 Å². The third-order valence-corrected chi connectivity index (χ3v) is 1.92. The first-order chi connectivity index (χ1) is 6.74. The van der Waals surface area contributed by atoms with Crippen molar-refractivity contribution >= 4 is 5.70 Å². The van der Waals surface area contributed by atoms with E-state index in [-0.39, 0.29) is 0 Å². The molecule has 76 valence electrons. The normalized spacial score (nSPS) is 11.9. The van der Waals surface area contributed by atoms with Crippen LogP contribution in [0, 0.1) is 0 Å². The van der Waals surface area contributed by atoms with Crippen LogP contribution in [0.15, 0.2) is 36.4 Å². The zero-order valence-corrected chi connectivity index (χ0v) is 8.62. The number of rotatable bonds is 4. The minimum atomic E-state index is 0.756. The maximum atomic E-state index is 8.96. The highest BCUT2D eigenvalue weighted by Gasteiger charge is 1.99. The largest absolute Gasteiger partial charge is 0.336 e. The van der Waals surface area contributed by atoms with Crippen molar-refractivity contribution in [3.8, 4) is 0 Å². The Labute approximate surface area is 84.6 Å². The highest BCUT2D eigenvalue weighted by molar-refractivity contribution is 5.62. The molecule has 1 rings (SSSR count). The Kier molecular flexibility index (Phi) is 4.16. The molecular formula is C11H17N2O+. The standard InChI is InChI=1S/C11H16N2O/c1-13(2)9-8-11(12-14)10-6-4-3-5-7-10/h3-8,12,14H,9H2,1-2H3/p+1/b11-8+. The monoisotopic (exact) mass is 193 g/mol. The van der Waals surface area contributed by atoms with E-state index < -0.39 is 0 Å². The first-order valence-electron chi connectivity index (χ1n) is 4.68. The van der Waals surface area contributed by atoms with Gasteiger partial charge in [-0.25, -0.2) is 0 Å². The predicted octanol–water partition coefficient (Wildman–Crippen LogP) is 0.151. The molecule has 0 aliphatic heterocycles. The molecule has 0 aliphatic carbocycles. The topological polar surface area (TPSA) is 36.7 Å². The summed E-state index contributed by atoms with van der Waals surface area (Å²) in [6.45, 7) is 0.873. The lowest BCUT2D eigenvalue weighted by Gasteiger charge is -2.07. The maximum Gasteiger partial charge on any atom is 0.0978 e. The number of likely N-dealkylation sites (N-methyl/N-ethyl adjacent to an activating group) is 1. The first kappa shape index (κ1) is 10.8. The molecule has 0 heterocycles. The summed E-state index contributed by atoms with van der Waals surface area (Å²) < 4.78 is 0. The van der Waals surface area contributed by atoms with Crippen LogP contribution in [0.25, 0.3) is 5.70 Å². The first-order valence-corrected chi connectivity index (χ1v) is 4.68. The lowest BCUT2D eigenvalue weighted by Crippen LogP contribution is -3.05. The molecule has 0 spiro atoms. The van der Waals surface area contributed by atoms with Gasteiger partial charge in [-0.05, 0) is 11.6 Å². The molecule has 0 fully saturated rings. The van der Waals surface area contributed by atoms with Crippen LogP contribution in [-0.2, 0) is 0 Å². The van der Waals surface area contributed by atoms with Crippen molar-refractivity contribution in [3.63, 3.8) is 0 Å². The molecule has 0 aromatic heterocycles. The van der Waals surface area contributed by atoms with Gasteiger partial charge in [0.05, 0.1) is 26.3 Å². The van der Waals surface area contributed by atoms with E-state index in [1.807, 2.05) is 36.4 Å². The number of hydroxylamine groups is 1. The van der Waals surface area contributed by atoms with Crippen molar-refractivity contribution in [2.45, 2.75) is 0 Å². The van der Waals surface area contributed by atoms with Gasteiger partial charge in [-0.2, -0.15) is 0 Å². The second-order valence-electron chi connectivity index (χ2n) is 3.51. The van der Waals surface area contributed by atoms with Crippen molar-refractivity contribution in [1.82, 2.24) is 5.48 Å². The second-order valence-corrected chi connectivity index (χ2v) is 3.51. The van der Waals surface area contributed by atoms with Crippen LogP contribution in [-0.4, -0.2) is 25.8 Å². The van der Waals surface area contributed by atoms with E-state index in [1.165, 1.54) is 4.90 Å². The highest BCUT2D eigenvalue weighted by Crippen LogP contribution is 2.08. The molecule has 0 radical (unpaired) electrons. The van der Waals surface area contributed by atoms with E-state index in [2.05, 4.69) is 19.6 Å². The molecular weight excluding hydrogens is 176 g/mol. The summed E-state index contributed by atoms with van der Waals surface area (Å²) in [6, 6.07) is 9.77. The van der Waals surface area contributed by atoms with E-state index in [4.69, 9.17) is 5.21 Å². The average molecular weight is 193 g/mol. The molecule has 0 aliphatic rings. The van der Waals surface area contributed by atoms with Gasteiger partial charge in [0, 0.05) is 0 Å². The van der Waals surface area contributed by atoms with Crippen molar-refractivity contribution in [2.75, 3.05) is 20.6 Å². The molecule has 3 N–H and O–H groups in total. The fourth-order valence-corrected chi connectivity index (χ4v) is 1.15. The number of quaternary nitrogens is 1. The van der Waals surface area contributed by atoms with Crippen LogP contribution >= 0.6 is 0 Å². The van der Waals surface area contributed by atoms with E-state index >= 15 is 0 Å². The lowest BCUT2D eigenvalue weighted by molar-refractivity contribution is -0.851. The Morgan fingerprint density at radius 2 is 2.00 bits per heavy atom. The second kappa shape index (κ2) is 5.42. The highest BCUT2D eigenvalue weighted by atomic mass is 16.5. The summed E-state index contributed by atoms with van der Waals surface area (Å²) in [5.74, 6) is 0. The van der Waals surface area contributed by atoms with Crippen molar-refractivity contribution in [1.29, 1.82) is 0 Å². The molecule has 1 aromatic carbocycles. The average Bonchev–Trinajstić information content (AvgIpc) is 2.20. The minimum absolute atomic E-state index is 0.756. The molecule has 0 unspecified atom stereocenters. The van der Waals surface area contributed by atoms with Gasteiger partial charge in [0.2, 0.25) is 0 Å². The summed E-state index contributed by atoms with van der Waals surface area (Å²) in [5.41, 5.74) is 3.97. The quantitative estimate of drug-likeness (QED) is 0.595. The lowest BCUT2D eigenvalue weighted by atomic mass is 10.1. The summed E-state index contributed by atoms with van der Waals surface area (Å²) >= 11 is 0. The van der Waals surface area contributed by atoms with Gasteiger partial charge < -0.3 is 4.90 Å². The van der Waals surface area contributed by atoms with Crippen LogP contribution < -0.4 is 10.4 Å². The summed E-state index contributed by atoms with van der Waals surface area (Å²) in [7, 11) is 4.13. The van der Waals surface area contributed by atoms with Crippen LogP contribution in [0.4, 0.5) is 0 Å². The zero-order chi connectivity index (χ0) is 10.4. The van der Waals surface area contributed by atoms with Gasteiger partial charge in [0.25, 0.3) is 0 Å². The maximum absolute atomic E-state index is 8.96. The number of hydrogen-bond donors (Lipinski definition) is 3. The minimum Gasteiger partial charge on any atom is -0.336 e. The van der Waals surface area contributed by atoms with Crippen LogP contribution in [0.1, 0.15) is 5.56 Å². The van der Waals surface area contributed by atoms with Gasteiger partial charge in [-0.1, -0.05) is 30.3 Å². The number of hydrogen-bond acceptors (Lipinski definition) is 2. The summed E-state index contributed by atoms with van der Waals surface area (Å²) in [5, 5.41) is 8.96. The van der Waals surface area contributed by atoms with Gasteiger partial charge in [-0.3, -0.25) is 10.7 Å². The van der Waals surface area contributed by atoms with E-state index in [1.54, 1.807) is 0 Å². The molecule has 3 heteroatoms. The third-order valence-electron chi connectivity index (χ3n) is 1.92. The smallest absolute Gasteiger partial charge is 0.0978 e. The van der Waals surface area contributed by atoms with Gasteiger partial charge >= 0.3 is 0 Å². The molecule has 14 heavy (non-hydrogen) atoms. The number of nitrogens with one attached hydrogen (secondary N) is 2. The predicted molar refractivity (Wildman–Crippen MR) is 57.0 cm³/mol. The number of benzene rings is 1. The summed E-state index contributed by atoms with van der Waals surface area (Å²) in [4.78, 5) is 1.31. The fourth-order valence-electron chi connectivity index (χ4n) is 1.15. The Bertz CT molecular complexity index is 293. The van der Waals surface area contributed by atoms with E-state index in [9.17, 15) is 0 Å². The van der Waals surface area contributed by atoms with Gasteiger partial charge in [-0.15, -0.1) is 0 Å². The molecule has 0 atom stereocenters. The molecule has 3 nitrogen and oxygen atoms in total. The Hall–Kier alpha value is -1.32. The zero-order valence-electron chi connectivity index (χ0n) is 8.62. The Morgan fingerprint density at radius 3 is 2.50 bits per heavy atom. The fraction of sp³-hybridized carbons (Fsp3) is 0.273. The Morgan fingerprint density at radius 1 is 1.36 bits per heavy atom. The molecule has 0 saturated carbocycles. The summed E-state index contributed by atoms with van der Waals surface area (Å²) in [6.07, 6.45) is 1.98. The van der Waals surface area contributed by atoms with Gasteiger partial charge in [0.1, 0.15) is 0 Å². The van der Waals surface area contributed by atoms with E-state index in [0.717, 1.165) is 17.8 Å². The van der Waals surface area contributed by atoms with Crippen LogP contribution in [0.2, 0.25) is 0 Å². The molecule has 1 aromatic rings. The molecule has 0 bridgehead atoms. The third kappa shape index (κ3) is 3.20. The Balaban J connectivity index is 2.77. The van der Waals surface area contributed by atoms with Gasteiger partial charge in [0.15, 0.2) is 0 Å². The van der Waals surface area contributed by atoms with Crippen molar-refractivity contribution in [3.05, 3.63) is 42.0 Å². The van der Waals surface area contributed by atoms with Crippen molar-refractivity contribution < 1.29 is 10.1 Å². The van der Waals surface area contributed by atoms with E-state index in [0.29, 0.717) is 0 Å². The SMILES string of the molecule is C[NH+](C)C/C=C(/NO)c1ccccc1. The molecule has 0 amide bonds. The van der Waals surface area contributed by atoms with Crippen LogP contribution in [0.5, 0.6) is 0 Å². The van der Waals surface area contributed by atoms with Crippen molar-refractivity contribution in [2.24, 2.45) is 0 Å². The molecule has 0 saturated heterocycles.